The summed E-state index contributed by atoms with van der Waals surface area (Å²) in [6.45, 7) is 2.11. The van der Waals surface area contributed by atoms with Crippen molar-refractivity contribution in [3.63, 3.8) is 0 Å². The van der Waals surface area contributed by atoms with E-state index in [0.717, 1.165) is 11.1 Å². The minimum atomic E-state index is -0.831. The summed E-state index contributed by atoms with van der Waals surface area (Å²) < 4.78 is 10.4. The van der Waals surface area contributed by atoms with Gasteiger partial charge in [0.1, 0.15) is 6.10 Å². The van der Waals surface area contributed by atoms with Crippen LogP contribution in [0.15, 0.2) is 24.3 Å². The van der Waals surface area contributed by atoms with Gasteiger partial charge in [-0.2, -0.15) is 0 Å². The highest BCUT2D eigenvalue weighted by molar-refractivity contribution is 5.75. The van der Waals surface area contributed by atoms with Gasteiger partial charge in [-0.15, -0.1) is 0 Å². The van der Waals surface area contributed by atoms with Gasteiger partial charge in [-0.25, -0.2) is 0 Å². The van der Waals surface area contributed by atoms with Crippen LogP contribution in [0.3, 0.4) is 0 Å². The number of hydrogen-bond acceptors (Lipinski definition) is 3. The maximum atomic E-state index is 10.9. The Morgan fingerprint density at radius 1 is 1.35 bits per heavy atom. The summed E-state index contributed by atoms with van der Waals surface area (Å²) in [6, 6.07) is 7.41. The molecule has 4 nitrogen and oxygen atoms in total. The Labute approximate surface area is 101 Å². The standard InChI is InChI=1S/C13H18O4/c1-9(13(14)15)10-5-4-6-11(7-10)12(17-3)8-16-2/h4-7,9,12H,8H2,1-3H3,(H,14,15). The van der Waals surface area contributed by atoms with E-state index < -0.39 is 11.9 Å². The Morgan fingerprint density at radius 2 is 2.00 bits per heavy atom. The van der Waals surface area contributed by atoms with Gasteiger partial charge in [0.15, 0.2) is 0 Å². The SMILES string of the molecule is COCC(OC)c1cccc(C(C)C(=O)O)c1. The third-order valence-electron chi connectivity index (χ3n) is 2.76. The van der Waals surface area contributed by atoms with Crippen molar-refractivity contribution in [2.45, 2.75) is 18.9 Å². The Kier molecular flexibility index (Phi) is 5.12. The Morgan fingerprint density at radius 3 is 2.53 bits per heavy atom. The predicted octanol–water partition coefficient (Wildman–Crippen LogP) is 2.21. The van der Waals surface area contributed by atoms with Crippen LogP contribution in [-0.4, -0.2) is 31.9 Å². The van der Waals surface area contributed by atoms with Crippen LogP contribution >= 0.6 is 0 Å². The van der Waals surface area contributed by atoms with E-state index >= 15 is 0 Å². The fourth-order valence-electron chi connectivity index (χ4n) is 1.62. The second-order valence-corrected chi connectivity index (χ2v) is 3.91. The molecule has 94 valence electrons. The second kappa shape index (κ2) is 6.37. The lowest BCUT2D eigenvalue weighted by atomic mass is 9.97. The van der Waals surface area contributed by atoms with Crippen LogP contribution in [0.2, 0.25) is 0 Å². The molecule has 0 aromatic heterocycles. The Bertz CT molecular complexity index is 375. The highest BCUT2D eigenvalue weighted by Gasteiger charge is 2.16. The number of aliphatic carboxylic acids is 1. The van der Waals surface area contributed by atoms with Crippen LogP contribution in [0.4, 0.5) is 0 Å². The first-order valence-electron chi connectivity index (χ1n) is 5.44. The smallest absolute Gasteiger partial charge is 0.310 e. The molecule has 0 bridgehead atoms. The molecule has 1 N–H and O–H groups in total. The molecule has 0 aliphatic rings. The molecular formula is C13H18O4. The van der Waals surface area contributed by atoms with Gasteiger partial charge in [0, 0.05) is 14.2 Å². The first-order chi connectivity index (χ1) is 8.10. The van der Waals surface area contributed by atoms with Crippen LogP contribution in [-0.2, 0) is 14.3 Å². The zero-order chi connectivity index (χ0) is 12.8. The molecule has 0 aliphatic carbocycles. The lowest BCUT2D eigenvalue weighted by molar-refractivity contribution is -0.138. The van der Waals surface area contributed by atoms with Gasteiger partial charge in [-0.05, 0) is 18.1 Å². The van der Waals surface area contributed by atoms with Gasteiger partial charge in [0.2, 0.25) is 0 Å². The molecule has 0 spiro atoms. The van der Waals surface area contributed by atoms with Crippen LogP contribution in [0.5, 0.6) is 0 Å². The highest BCUT2D eigenvalue weighted by atomic mass is 16.5. The lowest BCUT2D eigenvalue weighted by Gasteiger charge is -2.16. The van der Waals surface area contributed by atoms with Crippen LogP contribution in [0.1, 0.15) is 30.1 Å². The molecule has 2 atom stereocenters. The van der Waals surface area contributed by atoms with Crippen molar-refractivity contribution in [3.05, 3.63) is 35.4 Å². The maximum Gasteiger partial charge on any atom is 0.310 e. The summed E-state index contributed by atoms with van der Waals surface area (Å²) in [7, 11) is 3.22. The molecule has 17 heavy (non-hydrogen) atoms. The van der Waals surface area contributed by atoms with Crippen molar-refractivity contribution in [1.29, 1.82) is 0 Å². The molecule has 0 aliphatic heterocycles. The Balaban J connectivity index is 2.95. The van der Waals surface area contributed by atoms with Crippen molar-refractivity contribution in [2.75, 3.05) is 20.8 Å². The van der Waals surface area contributed by atoms with Crippen LogP contribution < -0.4 is 0 Å². The zero-order valence-corrected chi connectivity index (χ0v) is 10.3. The van der Waals surface area contributed by atoms with E-state index in [1.54, 1.807) is 21.1 Å². The Hall–Kier alpha value is -1.39. The van der Waals surface area contributed by atoms with Crippen molar-refractivity contribution >= 4 is 5.97 Å². The topological polar surface area (TPSA) is 55.8 Å². The number of rotatable bonds is 6. The molecule has 0 saturated carbocycles. The van der Waals surface area contributed by atoms with Crippen LogP contribution in [0.25, 0.3) is 0 Å². The minimum Gasteiger partial charge on any atom is -0.481 e. The quantitative estimate of drug-likeness (QED) is 0.825. The van der Waals surface area contributed by atoms with E-state index in [2.05, 4.69) is 0 Å². The van der Waals surface area contributed by atoms with E-state index in [9.17, 15) is 4.79 Å². The predicted molar refractivity (Wildman–Crippen MR) is 64.1 cm³/mol. The summed E-state index contributed by atoms with van der Waals surface area (Å²) in [5.74, 6) is -1.35. The second-order valence-electron chi connectivity index (χ2n) is 3.91. The summed E-state index contributed by atoms with van der Waals surface area (Å²) in [4.78, 5) is 10.9. The number of carboxylic acid groups (broad SMARTS) is 1. The average molecular weight is 238 g/mol. The molecule has 0 fully saturated rings. The third kappa shape index (κ3) is 3.54. The highest BCUT2D eigenvalue weighted by Crippen LogP contribution is 2.22. The molecule has 0 heterocycles. The fourth-order valence-corrected chi connectivity index (χ4v) is 1.62. The average Bonchev–Trinajstić information content (AvgIpc) is 2.35. The molecule has 1 rings (SSSR count). The normalized spacial score (nSPS) is 14.3. The first-order valence-corrected chi connectivity index (χ1v) is 5.44. The summed E-state index contributed by atoms with van der Waals surface area (Å²) in [5.41, 5.74) is 1.70. The molecule has 0 amide bonds. The molecule has 0 saturated heterocycles. The monoisotopic (exact) mass is 238 g/mol. The van der Waals surface area contributed by atoms with E-state index in [4.69, 9.17) is 14.6 Å². The largest absolute Gasteiger partial charge is 0.481 e. The summed E-state index contributed by atoms with van der Waals surface area (Å²) >= 11 is 0. The summed E-state index contributed by atoms with van der Waals surface area (Å²) in [5, 5.41) is 8.97. The molecule has 4 heteroatoms. The van der Waals surface area contributed by atoms with Crippen molar-refractivity contribution in [2.24, 2.45) is 0 Å². The van der Waals surface area contributed by atoms with Gasteiger partial charge in [0.05, 0.1) is 12.5 Å². The van der Waals surface area contributed by atoms with Gasteiger partial charge >= 0.3 is 5.97 Å². The lowest BCUT2D eigenvalue weighted by Crippen LogP contribution is -2.11. The van der Waals surface area contributed by atoms with E-state index in [1.165, 1.54) is 0 Å². The molecule has 1 aromatic rings. The first kappa shape index (κ1) is 13.7. The van der Waals surface area contributed by atoms with Crippen molar-refractivity contribution in [3.8, 4) is 0 Å². The molecule has 0 radical (unpaired) electrons. The molecular weight excluding hydrogens is 220 g/mol. The van der Waals surface area contributed by atoms with Gasteiger partial charge in [-0.1, -0.05) is 24.3 Å². The molecule has 2 unspecified atom stereocenters. The number of methoxy groups -OCH3 is 2. The fraction of sp³-hybridized carbons (Fsp3) is 0.462. The minimum absolute atomic E-state index is 0.166. The van der Waals surface area contributed by atoms with Crippen molar-refractivity contribution < 1.29 is 19.4 Å². The maximum absolute atomic E-state index is 10.9. The van der Waals surface area contributed by atoms with Gasteiger partial charge in [0.25, 0.3) is 0 Å². The number of carboxylic acids is 1. The number of hydrogen-bond donors (Lipinski definition) is 1. The number of ether oxygens (including phenoxy) is 2. The van der Waals surface area contributed by atoms with Crippen molar-refractivity contribution in [1.82, 2.24) is 0 Å². The van der Waals surface area contributed by atoms with E-state index in [1.807, 2.05) is 24.3 Å². The molecule has 1 aromatic carbocycles. The summed E-state index contributed by atoms with van der Waals surface area (Å²) in [6.07, 6.45) is -0.166. The number of benzene rings is 1. The third-order valence-corrected chi connectivity index (χ3v) is 2.76. The van der Waals surface area contributed by atoms with Crippen LogP contribution in [0, 0.1) is 0 Å². The van der Waals surface area contributed by atoms with Gasteiger partial charge in [-0.3, -0.25) is 4.79 Å². The number of carbonyl (C=O) groups is 1. The zero-order valence-electron chi connectivity index (χ0n) is 10.3. The van der Waals surface area contributed by atoms with Gasteiger partial charge < -0.3 is 14.6 Å². The van der Waals surface area contributed by atoms with E-state index in [0.29, 0.717) is 6.61 Å². The van der Waals surface area contributed by atoms with E-state index in [-0.39, 0.29) is 6.10 Å².